The zero-order valence-electron chi connectivity index (χ0n) is 54.4. The third kappa shape index (κ3) is 20.1. The van der Waals surface area contributed by atoms with E-state index in [9.17, 15) is 30.0 Å². The van der Waals surface area contributed by atoms with Gasteiger partial charge in [0.25, 0.3) is 0 Å². The summed E-state index contributed by atoms with van der Waals surface area (Å²) < 4.78 is 88.6. The smallest absolute Gasteiger partial charge is 0.410 e. The molecule has 5 aromatic carbocycles. The Morgan fingerprint density at radius 1 is 0.526 bits per heavy atom. The van der Waals surface area contributed by atoms with E-state index in [1.807, 2.05) is 82.4 Å². The summed E-state index contributed by atoms with van der Waals surface area (Å²) in [5, 5.41) is 11.1. The van der Waals surface area contributed by atoms with E-state index in [0.717, 1.165) is 39.9 Å². The molecule has 0 saturated carbocycles. The monoisotopic (exact) mass is 1400 g/mol. The van der Waals surface area contributed by atoms with Crippen LogP contribution in [-0.2, 0) is 47.3 Å². The molecule has 97 heavy (non-hydrogen) atoms. The number of ether oxygens (including phenoxy) is 1. The maximum absolute atomic E-state index is 12.4. The molecular formula is C70H68Cl2N12O10S3. The van der Waals surface area contributed by atoms with Crippen LogP contribution in [0.1, 0.15) is 65.3 Å². The van der Waals surface area contributed by atoms with Gasteiger partial charge in [0.05, 0.1) is 91.8 Å². The van der Waals surface area contributed by atoms with Crippen molar-refractivity contribution in [2.45, 2.75) is 92.3 Å². The van der Waals surface area contributed by atoms with E-state index in [2.05, 4.69) is 61.4 Å². The van der Waals surface area contributed by atoms with Crippen LogP contribution < -0.4 is 5.32 Å². The third-order valence-corrected chi connectivity index (χ3v) is 19.8. The molecule has 27 heteroatoms. The van der Waals surface area contributed by atoms with Crippen molar-refractivity contribution in [2.24, 2.45) is 0 Å². The summed E-state index contributed by atoms with van der Waals surface area (Å²) in [4.78, 5) is 47.9. The predicted octanol–water partition coefficient (Wildman–Crippen LogP) is 13.7. The number of halogens is 2. The van der Waals surface area contributed by atoms with Crippen molar-refractivity contribution in [1.82, 2.24) is 60.4 Å². The molecule has 6 heterocycles. The minimum absolute atomic E-state index is 0.271. The molecule has 0 aliphatic carbocycles. The second-order valence-electron chi connectivity index (χ2n) is 23.1. The van der Waals surface area contributed by atoms with Crippen LogP contribution in [-0.4, -0.2) is 123 Å². The second-order valence-corrected chi connectivity index (χ2v) is 30.9. The maximum atomic E-state index is 12.4. The number of nitrogens with one attached hydrogen (secondary N) is 1. The van der Waals surface area contributed by atoms with Crippen molar-refractivity contribution in [3.8, 4) is 91.5 Å². The number of rotatable bonds is 16. The fourth-order valence-electron chi connectivity index (χ4n) is 8.71. The van der Waals surface area contributed by atoms with Gasteiger partial charge in [-0.15, -0.1) is 6.42 Å². The van der Waals surface area contributed by atoms with Gasteiger partial charge in [-0.2, -0.15) is 0 Å². The van der Waals surface area contributed by atoms with Crippen molar-refractivity contribution >= 4 is 58.8 Å². The first kappa shape index (κ1) is 72.9. The first-order valence-electron chi connectivity index (χ1n) is 29.8. The number of carbonyl (C=O) groups excluding carboxylic acids is 1. The van der Waals surface area contributed by atoms with Gasteiger partial charge in [-0.1, -0.05) is 118 Å². The SMILES string of the molecule is C#Cc1cncc(-c2ccc(S(C)(=O)=O)cc2)n1.CC(C)S(=O)(=O)c1ccc(-c2cncc(-c3cc(-c4ccc(CN(C)C(=O)OC(C)(C)C)cc4)no3)n2)cc1.CNCc1ccc(-c2cc(-c3cncc(-c4ccc(S(=O)(=O)C(C)C)cc4)n3)on2)cc1.Clc1cncc(Cl)n1. The number of carbonyl (C=O) groups is 1. The molecule has 1 N–H and O–H groups in total. The average Bonchev–Trinajstić information content (AvgIpc) is 1.63. The molecule has 0 atom stereocenters. The van der Waals surface area contributed by atoms with E-state index in [-0.39, 0.29) is 15.9 Å². The van der Waals surface area contributed by atoms with Gasteiger partial charge in [-0.05, 0) is 109 Å². The molecule has 500 valence electrons. The van der Waals surface area contributed by atoms with Crippen LogP contribution in [0.25, 0.3) is 79.2 Å². The van der Waals surface area contributed by atoms with Crippen molar-refractivity contribution in [1.29, 1.82) is 0 Å². The summed E-state index contributed by atoms with van der Waals surface area (Å²) in [6, 6.07) is 39.1. The molecule has 22 nitrogen and oxygen atoms in total. The highest BCUT2D eigenvalue weighted by Gasteiger charge is 2.23. The molecule has 11 aromatic rings. The lowest BCUT2D eigenvalue weighted by Gasteiger charge is -2.24. The number of terminal acetylenes is 1. The highest BCUT2D eigenvalue weighted by molar-refractivity contribution is 7.92. The van der Waals surface area contributed by atoms with Crippen LogP contribution in [0, 0.1) is 12.3 Å². The Balaban J connectivity index is 0.000000184. The number of hydrogen-bond donors (Lipinski definition) is 1. The summed E-state index contributed by atoms with van der Waals surface area (Å²) in [6.45, 7) is 13.4. The van der Waals surface area contributed by atoms with E-state index in [1.165, 1.54) is 47.4 Å². The first-order valence-corrected chi connectivity index (χ1v) is 35.5. The summed E-state index contributed by atoms with van der Waals surface area (Å²) >= 11 is 10.8. The van der Waals surface area contributed by atoms with Crippen LogP contribution in [0.5, 0.6) is 0 Å². The highest BCUT2D eigenvalue weighted by atomic mass is 35.5. The zero-order valence-corrected chi connectivity index (χ0v) is 58.4. The lowest BCUT2D eigenvalue weighted by molar-refractivity contribution is 0.0285. The maximum Gasteiger partial charge on any atom is 0.410 e. The van der Waals surface area contributed by atoms with Gasteiger partial charge in [0.1, 0.15) is 44.4 Å². The van der Waals surface area contributed by atoms with Crippen LogP contribution in [0.4, 0.5) is 4.79 Å². The zero-order chi connectivity index (χ0) is 70.2. The van der Waals surface area contributed by atoms with Gasteiger partial charge in [0, 0.05) is 66.3 Å². The number of aromatic nitrogens is 10. The molecule has 0 unspecified atom stereocenters. The van der Waals surface area contributed by atoms with Crippen molar-refractivity contribution in [3.05, 3.63) is 210 Å². The largest absolute Gasteiger partial charge is 0.444 e. The van der Waals surface area contributed by atoms with Gasteiger partial charge in [-0.3, -0.25) is 19.9 Å². The molecule has 11 rings (SSSR count). The molecule has 0 spiro atoms. The van der Waals surface area contributed by atoms with E-state index in [0.29, 0.717) is 78.8 Å². The Morgan fingerprint density at radius 3 is 1.26 bits per heavy atom. The normalized spacial score (nSPS) is 11.5. The quantitative estimate of drug-likeness (QED) is 0.0879. The van der Waals surface area contributed by atoms with Crippen molar-refractivity contribution in [3.63, 3.8) is 0 Å². The van der Waals surface area contributed by atoms with Gasteiger partial charge in [0.2, 0.25) is 0 Å². The molecule has 0 bridgehead atoms. The standard InChI is InChI=1S/C29H32N4O5S.C24H24N4O3S.C13H10N2O2S.C4H2Cl2N2/c1-19(2)39(35,36)23-13-11-22(12-14-23)25-16-30-17-26(31-25)27-15-24(32-38-27)21-9-7-20(8-10-21)18-33(6)28(34)37-29(3,4)5;1-16(2)32(29,30)20-10-8-19(9-11-20)22-14-26-15-23(27-22)24-12-21(28-31-24)18-6-4-17(5-7-18)13-25-3;1-3-11-8-14-9-13(15-11)10-4-6-12(7-5-10)18(2,16)17;5-3-1-7-2-4(6)8-3/h7-17,19H,18H2,1-6H3;4-12,14-16,25H,13H2,1-3H3;1,4-9H,2H3;1-2H. The summed E-state index contributed by atoms with van der Waals surface area (Å²) in [5.74, 6) is 3.36. The molecule has 0 radical (unpaired) electrons. The van der Waals surface area contributed by atoms with E-state index in [1.54, 1.807) is 132 Å². The molecule has 0 aliphatic rings. The third-order valence-electron chi connectivity index (χ3n) is 13.9. The topological polar surface area (TPSA) is 299 Å². The summed E-state index contributed by atoms with van der Waals surface area (Å²) in [5.41, 5.74) is 10.3. The summed E-state index contributed by atoms with van der Waals surface area (Å²) in [7, 11) is -6.25. The van der Waals surface area contributed by atoms with Gasteiger partial charge >= 0.3 is 6.09 Å². The fourth-order valence-corrected chi connectivity index (χ4v) is 11.8. The minimum Gasteiger partial charge on any atom is -0.444 e. The van der Waals surface area contributed by atoms with Crippen LogP contribution in [0.15, 0.2) is 207 Å². The number of benzene rings is 5. The number of hydrogen-bond acceptors (Lipinski definition) is 21. The summed E-state index contributed by atoms with van der Waals surface area (Å²) in [6.07, 6.45) is 18.4. The van der Waals surface area contributed by atoms with Gasteiger partial charge in [0.15, 0.2) is 41.0 Å². The lowest BCUT2D eigenvalue weighted by Crippen LogP contribution is -2.33. The Hall–Kier alpha value is -9.94. The minimum atomic E-state index is -3.35. The molecular weight excluding hydrogens is 1340 g/mol. The second kappa shape index (κ2) is 32.2. The Kier molecular flexibility index (Phi) is 24.2. The van der Waals surface area contributed by atoms with Crippen molar-refractivity contribution in [2.75, 3.05) is 20.4 Å². The number of sulfone groups is 3. The Morgan fingerprint density at radius 2 is 0.887 bits per heavy atom. The highest BCUT2D eigenvalue weighted by Crippen LogP contribution is 2.31. The van der Waals surface area contributed by atoms with Crippen LogP contribution in [0.3, 0.4) is 0 Å². The average molecular weight is 1400 g/mol. The van der Waals surface area contributed by atoms with E-state index < -0.39 is 45.6 Å². The van der Waals surface area contributed by atoms with Crippen LogP contribution in [0.2, 0.25) is 10.3 Å². The fraction of sp³-hybridized carbons (Fsp3) is 0.214. The Bertz CT molecular complexity index is 4880. The van der Waals surface area contributed by atoms with Crippen LogP contribution >= 0.6 is 23.2 Å². The molecule has 1 amide bonds. The van der Waals surface area contributed by atoms with Crippen molar-refractivity contribution < 1.29 is 43.8 Å². The van der Waals surface area contributed by atoms with E-state index in [4.69, 9.17) is 43.4 Å². The van der Waals surface area contributed by atoms with E-state index >= 15 is 0 Å². The Labute approximate surface area is 573 Å². The molecule has 6 aromatic heterocycles. The first-order chi connectivity index (χ1) is 46.0. The van der Waals surface area contributed by atoms with Gasteiger partial charge in [-0.25, -0.2) is 50.0 Å². The number of amides is 1. The molecule has 0 fully saturated rings. The number of nitrogens with zero attached hydrogens (tertiary/aromatic N) is 11. The predicted molar refractivity (Wildman–Crippen MR) is 372 cm³/mol. The molecule has 0 saturated heterocycles. The van der Waals surface area contributed by atoms with Gasteiger partial charge < -0.3 is 24.0 Å². The molecule has 0 aliphatic heterocycles. The lowest BCUT2D eigenvalue weighted by atomic mass is 10.1.